The van der Waals surface area contributed by atoms with Crippen LogP contribution in [0.4, 0.5) is 0 Å². The predicted octanol–water partition coefficient (Wildman–Crippen LogP) is 2.02. The van der Waals surface area contributed by atoms with Gasteiger partial charge in [-0.05, 0) is 24.4 Å². The van der Waals surface area contributed by atoms with Crippen LogP contribution in [0.5, 0.6) is 0 Å². The smallest absolute Gasteiger partial charge is 0.254 e. The largest absolute Gasteiger partial charge is 0.337 e. The normalized spacial score (nSPS) is 10.3. The first kappa shape index (κ1) is 12.6. The summed E-state index contributed by atoms with van der Waals surface area (Å²) in [6.07, 6.45) is 0. The van der Waals surface area contributed by atoms with Crippen molar-refractivity contribution in [2.75, 3.05) is 7.05 Å². The molecule has 0 atom stereocenters. The molecule has 0 bridgehead atoms. The molecule has 4 nitrogen and oxygen atoms in total. The van der Waals surface area contributed by atoms with Gasteiger partial charge in [-0.1, -0.05) is 6.07 Å². The number of carbonyl (C=O) groups is 1. The Balaban J connectivity index is 2.17. The summed E-state index contributed by atoms with van der Waals surface area (Å²) in [5.74, 6) is -0.141. The van der Waals surface area contributed by atoms with Crippen molar-refractivity contribution in [3.63, 3.8) is 0 Å². The van der Waals surface area contributed by atoms with Crippen LogP contribution in [0.1, 0.15) is 20.9 Å². The van der Waals surface area contributed by atoms with E-state index in [1.165, 1.54) is 6.07 Å². The molecule has 2 heterocycles. The highest BCUT2D eigenvalue weighted by Crippen LogP contribution is 2.12. The summed E-state index contributed by atoms with van der Waals surface area (Å²) in [7, 11) is 1.73. The van der Waals surface area contributed by atoms with Crippen LogP contribution in [0.25, 0.3) is 0 Å². The van der Waals surface area contributed by atoms with Gasteiger partial charge in [-0.25, -0.2) is 0 Å². The lowest BCUT2D eigenvalue weighted by Gasteiger charge is -2.16. The van der Waals surface area contributed by atoms with Gasteiger partial charge in [-0.2, -0.15) is 0 Å². The number of nitrogens with zero attached hydrogens (tertiary/aromatic N) is 1. The van der Waals surface area contributed by atoms with Crippen LogP contribution in [0.15, 0.2) is 34.4 Å². The van der Waals surface area contributed by atoms with E-state index in [9.17, 15) is 9.59 Å². The third kappa shape index (κ3) is 2.87. The highest BCUT2D eigenvalue weighted by atomic mass is 32.1. The van der Waals surface area contributed by atoms with Crippen molar-refractivity contribution in [3.05, 3.63) is 56.1 Å². The Morgan fingerprint density at radius 3 is 2.83 bits per heavy atom. The van der Waals surface area contributed by atoms with Crippen LogP contribution in [-0.4, -0.2) is 22.8 Å². The van der Waals surface area contributed by atoms with E-state index < -0.39 is 0 Å². The van der Waals surface area contributed by atoms with E-state index in [1.807, 2.05) is 17.5 Å². The molecule has 0 aromatic carbocycles. The maximum Gasteiger partial charge on any atom is 0.254 e. The number of rotatable bonds is 3. The van der Waals surface area contributed by atoms with Gasteiger partial charge < -0.3 is 9.88 Å². The first-order chi connectivity index (χ1) is 8.56. The minimum Gasteiger partial charge on any atom is -0.337 e. The van der Waals surface area contributed by atoms with Crippen molar-refractivity contribution >= 4 is 17.2 Å². The molecular formula is C13H14N2O2S. The van der Waals surface area contributed by atoms with Gasteiger partial charge in [0.25, 0.3) is 5.91 Å². The average Bonchev–Trinajstić information content (AvgIpc) is 2.79. The SMILES string of the molecule is Cc1cc(C(=O)N(C)Cc2cccs2)cc(=O)[nH]1. The van der Waals surface area contributed by atoms with Gasteiger partial charge in [0.2, 0.25) is 5.56 Å². The fraction of sp³-hybridized carbons (Fsp3) is 0.231. The van der Waals surface area contributed by atoms with Crippen molar-refractivity contribution < 1.29 is 4.79 Å². The third-order valence-electron chi connectivity index (χ3n) is 2.55. The molecule has 2 rings (SSSR count). The van der Waals surface area contributed by atoms with Crippen molar-refractivity contribution in [2.45, 2.75) is 13.5 Å². The summed E-state index contributed by atoms with van der Waals surface area (Å²) in [5, 5.41) is 1.98. The highest BCUT2D eigenvalue weighted by molar-refractivity contribution is 7.09. The Hall–Kier alpha value is -1.88. The number of aryl methyl sites for hydroxylation is 1. The summed E-state index contributed by atoms with van der Waals surface area (Å²) in [5.41, 5.74) is 0.869. The lowest BCUT2D eigenvalue weighted by molar-refractivity contribution is 0.0786. The number of thiophene rings is 1. The number of hydrogen-bond acceptors (Lipinski definition) is 3. The summed E-state index contributed by atoms with van der Waals surface area (Å²) in [6, 6.07) is 6.96. The number of amides is 1. The van der Waals surface area contributed by atoms with Gasteiger partial charge in [0.1, 0.15) is 0 Å². The van der Waals surface area contributed by atoms with E-state index in [-0.39, 0.29) is 11.5 Å². The van der Waals surface area contributed by atoms with Crippen LogP contribution in [0.3, 0.4) is 0 Å². The summed E-state index contributed by atoms with van der Waals surface area (Å²) in [4.78, 5) is 28.8. The standard InChI is InChI=1S/C13H14N2O2S/c1-9-6-10(7-12(16)14-9)13(17)15(2)8-11-4-3-5-18-11/h3-7H,8H2,1-2H3,(H,14,16). The number of H-pyrrole nitrogens is 1. The molecule has 5 heteroatoms. The first-order valence-electron chi connectivity index (χ1n) is 5.55. The molecule has 1 N–H and O–H groups in total. The molecule has 0 radical (unpaired) electrons. The Bertz CT molecular complexity index is 602. The zero-order valence-corrected chi connectivity index (χ0v) is 11.1. The maximum atomic E-state index is 12.2. The van der Waals surface area contributed by atoms with Crippen LogP contribution < -0.4 is 5.56 Å². The summed E-state index contributed by atoms with van der Waals surface area (Å²) >= 11 is 1.61. The van der Waals surface area contributed by atoms with Crippen molar-refractivity contribution in [3.8, 4) is 0 Å². The summed E-state index contributed by atoms with van der Waals surface area (Å²) in [6.45, 7) is 2.32. The van der Waals surface area contributed by atoms with Gasteiger partial charge in [0, 0.05) is 29.2 Å². The molecule has 0 aliphatic carbocycles. The van der Waals surface area contributed by atoms with Gasteiger partial charge in [0.05, 0.1) is 6.54 Å². The van der Waals surface area contributed by atoms with E-state index in [0.717, 1.165) is 4.88 Å². The van der Waals surface area contributed by atoms with E-state index >= 15 is 0 Å². The molecular weight excluding hydrogens is 248 g/mol. The summed E-state index contributed by atoms with van der Waals surface area (Å²) < 4.78 is 0. The van der Waals surface area contributed by atoms with Gasteiger partial charge in [-0.3, -0.25) is 9.59 Å². The number of nitrogens with one attached hydrogen (secondary N) is 1. The molecule has 2 aromatic rings. The lowest BCUT2D eigenvalue weighted by Crippen LogP contribution is -2.27. The quantitative estimate of drug-likeness (QED) is 0.920. The lowest BCUT2D eigenvalue weighted by atomic mass is 10.2. The van der Waals surface area contributed by atoms with Crippen molar-refractivity contribution in [1.82, 2.24) is 9.88 Å². The topological polar surface area (TPSA) is 53.2 Å². The van der Waals surface area contributed by atoms with Crippen LogP contribution in [0, 0.1) is 6.92 Å². The third-order valence-corrected chi connectivity index (χ3v) is 3.41. The molecule has 94 valence electrons. The molecule has 1 amide bonds. The monoisotopic (exact) mass is 262 g/mol. The molecule has 0 aliphatic rings. The van der Waals surface area contributed by atoms with E-state index in [2.05, 4.69) is 4.98 Å². The molecule has 0 spiro atoms. The second-order valence-electron chi connectivity index (χ2n) is 4.16. The fourth-order valence-electron chi connectivity index (χ4n) is 1.73. The Morgan fingerprint density at radius 2 is 2.22 bits per heavy atom. The van der Waals surface area contributed by atoms with E-state index in [0.29, 0.717) is 17.8 Å². The second-order valence-corrected chi connectivity index (χ2v) is 5.19. The Labute approximate surface area is 109 Å². The average molecular weight is 262 g/mol. The van der Waals surface area contributed by atoms with Gasteiger partial charge in [0.15, 0.2) is 0 Å². The number of aromatic amines is 1. The highest BCUT2D eigenvalue weighted by Gasteiger charge is 2.13. The molecule has 0 unspecified atom stereocenters. The van der Waals surface area contributed by atoms with E-state index in [1.54, 1.807) is 36.3 Å². The van der Waals surface area contributed by atoms with Crippen LogP contribution >= 0.6 is 11.3 Å². The number of hydrogen-bond donors (Lipinski definition) is 1. The first-order valence-corrected chi connectivity index (χ1v) is 6.43. The minimum absolute atomic E-state index is 0.141. The minimum atomic E-state index is -0.247. The maximum absolute atomic E-state index is 12.2. The van der Waals surface area contributed by atoms with Crippen LogP contribution in [-0.2, 0) is 6.54 Å². The second kappa shape index (κ2) is 5.18. The zero-order chi connectivity index (χ0) is 13.1. The van der Waals surface area contributed by atoms with Crippen LogP contribution in [0.2, 0.25) is 0 Å². The van der Waals surface area contributed by atoms with Crippen molar-refractivity contribution in [1.29, 1.82) is 0 Å². The number of carbonyl (C=O) groups excluding carboxylic acids is 1. The molecule has 0 fully saturated rings. The molecule has 0 saturated carbocycles. The van der Waals surface area contributed by atoms with E-state index in [4.69, 9.17) is 0 Å². The Kier molecular flexibility index (Phi) is 3.62. The fourth-order valence-corrected chi connectivity index (χ4v) is 2.49. The Morgan fingerprint density at radius 1 is 1.44 bits per heavy atom. The van der Waals surface area contributed by atoms with Gasteiger partial charge >= 0.3 is 0 Å². The molecule has 0 saturated heterocycles. The molecule has 2 aromatic heterocycles. The number of aromatic nitrogens is 1. The molecule has 18 heavy (non-hydrogen) atoms. The molecule has 0 aliphatic heterocycles. The number of pyridine rings is 1. The predicted molar refractivity (Wildman–Crippen MR) is 71.9 cm³/mol. The van der Waals surface area contributed by atoms with Gasteiger partial charge in [-0.15, -0.1) is 11.3 Å². The van der Waals surface area contributed by atoms with Crippen molar-refractivity contribution in [2.24, 2.45) is 0 Å². The zero-order valence-electron chi connectivity index (χ0n) is 10.3.